The van der Waals surface area contributed by atoms with Gasteiger partial charge in [-0.05, 0) is 26.2 Å². The van der Waals surface area contributed by atoms with Crippen LogP contribution in [0.15, 0.2) is 11.6 Å². The summed E-state index contributed by atoms with van der Waals surface area (Å²) in [6.45, 7) is 8.99. The second-order valence-corrected chi connectivity index (χ2v) is 3.60. The molecule has 0 bridgehead atoms. The van der Waals surface area contributed by atoms with Crippen molar-refractivity contribution in [2.24, 2.45) is 5.92 Å². The van der Waals surface area contributed by atoms with E-state index >= 15 is 0 Å². The Labute approximate surface area is 85.5 Å². The standard InChI is InChI=1S/C11H18NO2/c1-4-14-11(13)10-7-9(8(2)3)5-6-12-10/h5,8,10,12H,2,4,6-7H2,1,3H3. The summed E-state index contributed by atoms with van der Waals surface area (Å²) in [7, 11) is 0. The zero-order valence-electron chi connectivity index (χ0n) is 8.88. The van der Waals surface area contributed by atoms with E-state index in [1.54, 1.807) is 0 Å². The molecule has 14 heavy (non-hydrogen) atoms. The van der Waals surface area contributed by atoms with Crippen LogP contribution in [0.3, 0.4) is 0 Å². The molecule has 0 aliphatic carbocycles. The summed E-state index contributed by atoms with van der Waals surface area (Å²) < 4.78 is 4.96. The van der Waals surface area contributed by atoms with Gasteiger partial charge >= 0.3 is 5.97 Å². The molecule has 1 radical (unpaired) electrons. The lowest BCUT2D eigenvalue weighted by Gasteiger charge is -2.24. The van der Waals surface area contributed by atoms with Gasteiger partial charge in [0, 0.05) is 6.54 Å². The monoisotopic (exact) mass is 196 g/mol. The number of esters is 1. The molecule has 1 rings (SSSR count). The fourth-order valence-corrected chi connectivity index (χ4v) is 1.54. The van der Waals surface area contributed by atoms with Gasteiger partial charge in [-0.2, -0.15) is 0 Å². The van der Waals surface area contributed by atoms with Crippen LogP contribution in [0, 0.1) is 12.8 Å². The Morgan fingerprint density at radius 1 is 1.86 bits per heavy atom. The third-order valence-electron chi connectivity index (χ3n) is 2.37. The largest absolute Gasteiger partial charge is 0.465 e. The van der Waals surface area contributed by atoms with Crippen LogP contribution in [-0.2, 0) is 9.53 Å². The number of rotatable bonds is 3. The van der Waals surface area contributed by atoms with Crippen LogP contribution in [0.25, 0.3) is 0 Å². The minimum atomic E-state index is -0.181. The Hall–Kier alpha value is -0.830. The van der Waals surface area contributed by atoms with Crippen molar-refractivity contribution in [3.63, 3.8) is 0 Å². The van der Waals surface area contributed by atoms with Crippen molar-refractivity contribution in [3.05, 3.63) is 18.6 Å². The second-order valence-electron chi connectivity index (χ2n) is 3.60. The molecule has 0 aromatic heterocycles. The molecule has 0 aromatic rings. The molecule has 3 heteroatoms. The van der Waals surface area contributed by atoms with Gasteiger partial charge in [-0.25, -0.2) is 0 Å². The Kier molecular flexibility index (Phi) is 4.14. The molecular formula is C11H18NO2. The normalized spacial score (nSPS) is 22.0. The summed E-state index contributed by atoms with van der Waals surface area (Å²) in [5.41, 5.74) is 1.24. The second kappa shape index (κ2) is 5.15. The molecule has 1 aliphatic rings. The van der Waals surface area contributed by atoms with Gasteiger partial charge in [-0.3, -0.25) is 4.79 Å². The van der Waals surface area contributed by atoms with Crippen molar-refractivity contribution in [2.75, 3.05) is 13.2 Å². The SMILES string of the molecule is [CH2]C(C)C1=CCNC(C(=O)OCC)C1. The quantitative estimate of drug-likeness (QED) is 0.546. The first-order valence-corrected chi connectivity index (χ1v) is 5.07. The van der Waals surface area contributed by atoms with Gasteiger partial charge in [0.15, 0.2) is 0 Å². The van der Waals surface area contributed by atoms with E-state index < -0.39 is 0 Å². The molecule has 2 atom stereocenters. The van der Waals surface area contributed by atoms with E-state index in [2.05, 4.69) is 18.3 Å². The molecule has 3 nitrogen and oxygen atoms in total. The predicted octanol–water partition coefficient (Wildman–Crippen LogP) is 1.31. The van der Waals surface area contributed by atoms with E-state index in [0.717, 1.165) is 13.0 Å². The van der Waals surface area contributed by atoms with Gasteiger partial charge in [0.2, 0.25) is 0 Å². The molecule has 0 amide bonds. The molecule has 1 heterocycles. The van der Waals surface area contributed by atoms with E-state index in [0.29, 0.717) is 6.61 Å². The zero-order chi connectivity index (χ0) is 10.6. The van der Waals surface area contributed by atoms with E-state index in [4.69, 9.17) is 4.74 Å². The van der Waals surface area contributed by atoms with Crippen LogP contribution >= 0.6 is 0 Å². The van der Waals surface area contributed by atoms with E-state index in [-0.39, 0.29) is 17.9 Å². The number of hydrogen-bond donors (Lipinski definition) is 1. The molecule has 1 aliphatic heterocycles. The fourth-order valence-electron chi connectivity index (χ4n) is 1.54. The number of nitrogens with one attached hydrogen (secondary N) is 1. The van der Waals surface area contributed by atoms with Crippen molar-refractivity contribution in [2.45, 2.75) is 26.3 Å². The maximum atomic E-state index is 11.4. The third kappa shape index (κ3) is 2.84. The first-order valence-electron chi connectivity index (χ1n) is 5.07. The third-order valence-corrected chi connectivity index (χ3v) is 2.37. The van der Waals surface area contributed by atoms with Crippen LogP contribution in [0.1, 0.15) is 20.3 Å². The molecule has 79 valence electrons. The van der Waals surface area contributed by atoms with E-state index in [9.17, 15) is 4.79 Å². The summed E-state index contributed by atoms with van der Waals surface area (Å²) in [6.07, 6.45) is 2.83. The van der Waals surface area contributed by atoms with Gasteiger partial charge in [-0.1, -0.05) is 18.6 Å². The lowest BCUT2D eigenvalue weighted by molar-refractivity contribution is -0.145. The highest BCUT2D eigenvalue weighted by Crippen LogP contribution is 2.18. The van der Waals surface area contributed by atoms with Crippen molar-refractivity contribution in [1.29, 1.82) is 0 Å². The minimum absolute atomic E-state index is 0.154. The van der Waals surface area contributed by atoms with Crippen LogP contribution in [-0.4, -0.2) is 25.2 Å². The van der Waals surface area contributed by atoms with Crippen molar-refractivity contribution < 1.29 is 9.53 Å². The lowest BCUT2D eigenvalue weighted by Crippen LogP contribution is -2.41. The average molecular weight is 196 g/mol. The number of ether oxygens (including phenoxy) is 1. The molecule has 1 N–H and O–H groups in total. The molecule has 0 fully saturated rings. The lowest BCUT2D eigenvalue weighted by atomic mass is 9.93. The molecule has 2 unspecified atom stereocenters. The minimum Gasteiger partial charge on any atom is -0.465 e. The Balaban J connectivity index is 2.52. The number of hydrogen-bond acceptors (Lipinski definition) is 3. The summed E-state index contributed by atoms with van der Waals surface area (Å²) in [4.78, 5) is 11.4. The summed E-state index contributed by atoms with van der Waals surface area (Å²) >= 11 is 0. The fraction of sp³-hybridized carbons (Fsp3) is 0.636. The summed E-state index contributed by atoms with van der Waals surface area (Å²) in [5, 5.41) is 3.11. The van der Waals surface area contributed by atoms with Crippen LogP contribution in [0.4, 0.5) is 0 Å². The maximum Gasteiger partial charge on any atom is 0.323 e. The molecule has 0 saturated heterocycles. The highest BCUT2D eigenvalue weighted by Gasteiger charge is 2.23. The molecule has 0 aromatic carbocycles. The van der Waals surface area contributed by atoms with Crippen molar-refractivity contribution in [3.8, 4) is 0 Å². The van der Waals surface area contributed by atoms with Gasteiger partial charge in [0.25, 0.3) is 0 Å². The Morgan fingerprint density at radius 2 is 2.57 bits per heavy atom. The topological polar surface area (TPSA) is 38.3 Å². The first kappa shape index (κ1) is 11.2. The maximum absolute atomic E-state index is 11.4. The zero-order valence-corrected chi connectivity index (χ0v) is 8.88. The first-order chi connectivity index (χ1) is 6.65. The molecule has 0 spiro atoms. The highest BCUT2D eigenvalue weighted by atomic mass is 16.5. The smallest absolute Gasteiger partial charge is 0.323 e. The van der Waals surface area contributed by atoms with E-state index in [1.165, 1.54) is 5.57 Å². The van der Waals surface area contributed by atoms with Gasteiger partial charge in [0.1, 0.15) is 6.04 Å². The molecule has 0 saturated carbocycles. The number of carbonyl (C=O) groups is 1. The number of carbonyl (C=O) groups excluding carboxylic acids is 1. The molecular weight excluding hydrogens is 178 g/mol. The van der Waals surface area contributed by atoms with Gasteiger partial charge < -0.3 is 10.1 Å². The van der Waals surface area contributed by atoms with Crippen molar-refractivity contribution in [1.82, 2.24) is 5.32 Å². The van der Waals surface area contributed by atoms with Crippen LogP contribution < -0.4 is 5.32 Å². The van der Waals surface area contributed by atoms with Crippen LogP contribution in [0.2, 0.25) is 0 Å². The summed E-state index contributed by atoms with van der Waals surface area (Å²) in [5.74, 6) is 0.118. The Bertz CT molecular complexity index is 233. The van der Waals surface area contributed by atoms with Gasteiger partial charge in [0.05, 0.1) is 6.61 Å². The van der Waals surface area contributed by atoms with Gasteiger partial charge in [-0.15, -0.1) is 0 Å². The predicted molar refractivity (Wildman–Crippen MR) is 55.6 cm³/mol. The highest BCUT2D eigenvalue weighted by molar-refractivity contribution is 5.76. The van der Waals surface area contributed by atoms with E-state index in [1.807, 2.05) is 13.8 Å². The summed E-state index contributed by atoms with van der Waals surface area (Å²) in [6, 6.07) is -0.181. The van der Waals surface area contributed by atoms with Crippen molar-refractivity contribution >= 4 is 5.97 Å². The van der Waals surface area contributed by atoms with Crippen LogP contribution in [0.5, 0.6) is 0 Å². The Morgan fingerprint density at radius 3 is 3.14 bits per heavy atom. The average Bonchev–Trinajstić information content (AvgIpc) is 2.18.